The number of benzene rings is 1. The maximum atomic E-state index is 13.1. The van der Waals surface area contributed by atoms with E-state index in [0.717, 1.165) is 12.2 Å². The van der Waals surface area contributed by atoms with Gasteiger partial charge in [-0.05, 0) is 19.1 Å². The van der Waals surface area contributed by atoms with Gasteiger partial charge in [0, 0.05) is 0 Å². The van der Waals surface area contributed by atoms with Crippen LogP contribution in [-0.2, 0) is 23.8 Å². The normalized spacial score (nSPS) is 37.9. The van der Waals surface area contributed by atoms with Crippen LogP contribution in [-0.4, -0.2) is 49.4 Å². The average Bonchev–Trinajstić information content (AvgIpc) is 3.15. The van der Waals surface area contributed by atoms with Gasteiger partial charge in [-0.25, -0.2) is 4.90 Å². The first-order valence-electron chi connectivity index (χ1n) is 8.60. The highest BCUT2D eigenvalue weighted by atomic mass is 16.6. The summed E-state index contributed by atoms with van der Waals surface area (Å²) in [6, 6.07) is 7.44. The Kier molecular flexibility index (Phi) is 3.20. The minimum absolute atomic E-state index is 0.153. The van der Waals surface area contributed by atoms with Crippen molar-refractivity contribution in [3.8, 4) is 0 Å². The zero-order valence-electron chi connectivity index (χ0n) is 13.9. The van der Waals surface area contributed by atoms with Gasteiger partial charge in [0.15, 0.2) is 0 Å². The van der Waals surface area contributed by atoms with E-state index < -0.39 is 17.4 Å². The summed E-state index contributed by atoms with van der Waals surface area (Å²) in [5.41, 5.74) is 0.869. The van der Waals surface area contributed by atoms with E-state index in [4.69, 9.17) is 14.2 Å². The number of imide groups is 1. The van der Waals surface area contributed by atoms with E-state index >= 15 is 0 Å². The molecule has 2 amide bonds. The van der Waals surface area contributed by atoms with Crippen LogP contribution in [0.2, 0.25) is 0 Å². The van der Waals surface area contributed by atoms with Gasteiger partial charge in [0.25, 0.3) is 0 Å². The number of anilines is 1. The molecule has 4 heterocycles. The lowest BCUT2D eigenvalue weighted by molar-refractivity contribution is -0.129. The van der Waals surface area contributed by atoms with Crippen molar-refractivity contribution in [3.63, 3.8) is 0 Å². The van der Waals surface area contributed by atoms with E-state index in [1.165, 1.54) is 4.90 Å². The Hall–Kier alpha value is -2.02. The summed E-state index contributed by atoms with van der Waals surface area (Å²) in [5, 5.41) is 0. The van der Waals surface area contributed by atoms with E-state index in [1.54, 1.807) is 0 Å². The van der Waals surface area contributed by atoms with Crippen LogP contribution in [0.25, 0.3) is 0 Å². The van der Waals surface area contributed by atoms with Crippen molar-refractivity contribution in [2.75, 3.05) is 24.7 Å². The second kappa shape index (κ2) is 5.24. The molecule has 3 saturated heterocycles. The molecule has 0 aliphatic carbocycles. The van der Waals surface area contributed by atoms with Crippen LogP contribution in [0.1, 0.15) is 5.56 Å². The molecule has 6 nitrogen and oxygen atoms in total. The number of epoxide rings is 1. The topological polar surface area (TPSA) is 68.4 Å². The van der Waals surface area contributed by atoms with E-state index in [9.17, 15) is 9.59 Å². The highest BCUT2D eigenvalue weighted by molar-refractivity contribution is 6.23. The quantitative estimate of drug-likeness (QED) is 0.458. The maximum Gasteiger partial charge on any atom is 0.241 e. The first kappa shape index (κ1) is 15.3. The molecule has 0 spiro atoms. The Labute approximate surface area is 145 Å². The number of nitrogens with zero attached hydrogens (tertiary/aromatic N) is 1. The van der Waals surface area contributed by atoms with Crippen LogP contribution in [0.15, 0.2) is 36.4 Å². The highest BCUT2D eigenvalue weighted by Crippen LogP contribution is 2.52. The predicted octanol–water partition coefficient (Wildman–Crippen LogP) is 1.22. The third kappa shape index (κ3) is 2.21. The van der Waals surface area contributed by atoms with Crippen LogP contribution < -0.4 is 4.90 Å². The number of carbonyl (C=O) groups excluding carboxylic acids is 2. The number of carbonyl (C=O) groups is 2. The molecule has 0 N–H and O–H groups in total. The van der Waals surface area contributed by atoms with E-state index in [2.05, 4.69) is 0 Å². The molecule has 1 aromatic carbocycles. The fourth-order valence-corrected chi connectivity index (χ4v) is 4.13. The molecule has 2 bridgehead atoms. The Morgan fingerprint density at radius 3 is 2.72 bits per heavy atom. The van der Waals surface area contributed by atoms with Crippen molar-refractivity contribution in [1.29, 1.82) is 0 Å². The molecular formula is C19H19NO5. The SMILES string of the molecule is Cc1ccc(N2C(=O)[C@@H]3[C@H]4C=C[C@@](COC[C@@H]5CO5)(O4)[C@H]3C2=O)cc1. The third-order valence-corrected chi connectivity index (χ3v) is 5.48. The van der Waals surface area contributed by atoms with Crippen LogP contribution in [0, 0.1) is 18.8 Å². The smallest absolute Gasteiger partial charge is 0.241 e. The second-order valence-corrected chi connectivity index (χ2v) is 7.22. The lowest BCUT2D eigenvalue weighted by Crippen LogP contribution is -2.44. The summed E-state index contributed by atoms with van der Waals surface area (Å²) < 4.78 is 16.9. The molecular weight excluding hydrogens is 322 g/mol. The first-order chi connectivity index (χ1) is 12.1. The van der Waals surface area contributed by atoms with Crippen molar-refractivity contribution < 1.29 is 23.8 Å². The summed E-state index contributed by atoms with van der Waals surface area (Å²) in [4.78, 5) is 27.4. The van der Waals surface area contributed by atoms with Gasteiger partial charge in [-0.15, -0.1) is 0 Å². The van der Waals surface area contributed by atoms with Gasteiger partial charge in [-0.3, -0.25) is 9.59 Å². The number of hydrogen-bond donors (Lipinski definition) is 0. The molecule has 1 aromatic rings. The molecule has 25 heavy (non-hydrogen) atoms. The lowest BCUT2D eigenvalue weighted by Gasteiger charge is -2.28. The van der Waals surface area contributed by atoms with Gasteiger partial charge in [0.2, 0.25) is 11.8 Å². The maximum absolute atomic E-state index is 13.1. The monoisotopic (exact) mass is 341 g/mol. The summed E-state index contributed by atoms with van der Waals surface area (Å²) in [7, 11) is 0. The molecule has 5 atom stereocenters. The lowest BCUT2D eigenvalue weighted by atomic mass is 9.77. The van der Waals surface area contributed by atoms with Crippen LogP contribution in [0.5, 0.6) is 0 Å². The molecule has 0 saturated carbocycles. The number of hydrogen-bond acceptors (Lipinski definition) is 5. The molecule has 5 rings (SSSR count). The molecule has 6 heteroatoms. The Balaban J connectivity index is 1.43. The number of ether oxygens (including phenoxy) is 3. The van der Waals surface area contributed by atoms with Crippen LogP contribution >= 0.6 is 0 Å². The fourth-order valence-electron chi connectivity index (χ4n) is 4.13. The van der Waals surface area contributed by atoms with E-state index in [-0.39, 0.29) is 30.6 Å². The van der Waals surface area contributed by atoms with Gasteiger partial charge >= 0.3 is 0 Å². The molecule has 130 valence electrons. The third-order valence-electron chi connectivity index (χ3n) is 5.48. The van der Waals surface area contributed by atoms with E-state index in [0.29, 0.717) is 12.3 Å². The van der Waals surface area contributed by atoms with Gasteiger partial charge in [0.1, 0.15) is 11.7 Å². The number of aryl methyl sites for hydroxylation is 1. The Bertz CT molecular complexity index is 769. The van der Waals surface area contributed by atoms with Gasteiger partial charge in [0.05, 0.1) is 43.4 Å². The molecule has 0 radical (unpaired) electrons. The molecule has 4 aliphatic rings. The predicted molar refractivity (Wildman–Crippen MR) is 88.0 cm³/mol. The van der Waals surface area contributed by atoms with Crippen molar-refractivity contribution >= 4 is 17.5 Å². The molecule has 4 aliphatic heterocycles. The van der Waals surface area contributed by atoms with E-state index in [1.807, 2.05) is 43.3 Å². The zero-order valence-corrected chi connectivity index (χ0v) is 13.9. The summed E-state index contributed by atoms with van der Waals surface area (Å²) in [6.45, 7) is 3.45. The number of amides is 2. The largest absolute Gasteiger partial charge is 0.375 e. The first-order valence-corrected chi connectivity index (χ1v) is 8.60. The van der Waals surface area contributed by atoms with Crippen molar-refractivity contribution in [2.24, 2.45) is 11.8 Å². The Morgan fingerprint density at radius 1 is 1.24 bits per heavy atom. The highest BCUT2D eigenvalue weighted by Gasteiger charge is 2.67. The fraction of sp³-hybridized carbons (Fsp3) is 0.474. The van der Waals surface area contributed by atoms with Gasteiger partial charge < -0.3 is 14.2 Å². The summed E-state index contributed by atoms with van der Waals surface area (Å²) in [5.74, 6) is -1.35. The van der Waals surface area contributed by atoms with Gasteiger partial charge in [-0.2, -0.15) is 0 Å². The summed E-state index contributed by atoms with van der Waals surface area (Å²) >= 11 is 0. The van der Waals surface area contributed by atoms with Crippen LogP contribution in [0.3, 0.4) is 0 Å². The minimum Gasteiger partial charge on any atom is -0.375 e. The Morgan fingerprint density at radius 2 is 2.00 bits per heavy atom. The molecule has 0 aromatic heterocycles. The molecule has 3 fully saturated rings. The number of rotatable bonds is 5. The molecule has 0 unspecified atom stereocenters. The van der Waals surface area contributed by atoms with Gasteiger partial charge in [-0.1, -0.05) is 29.8 Å². The second-order valence-electron chi connectivity index (χ2n) is 7.22. The van der Waals surface area contributed by atoms with Crippen molar-refractivity contribution in [2.45, 2.75) is 24.7 Å². The van der Waals surface area contributed by atoms with Crippen molar-refractivity contribution in [1.82, 2.24) is 0 Å². The minimum atomic E-state index is -0.837. The van der Waals surface area contributed by atoms with Crippen LogP contribution in [0.4, 0.5) is 5.69 Å². The average molecular weight is 341 g/mol. The van der Waals surface area contributed by atoms with Crippen molar-refractivity contribution in [3.05, 3.63) is 42.0 Å². The summed E-state index contributed by atoms with van der Waals surface area (Å²) in [6.07, 6.45) is 3.59. The standard InChI is InChI=1S/C19H19NO5/c1-11-2-4-12(5-3-11)20-17(21)15-14-6-7-19(25-14,16(15)18(20)22)10-23-8-13-9-24-13/h2-7,13-16H,8-10H2,1H3/t13-,14-,15-,16-,19+/m1/s1. The number of fused-ring (bicyclic) bond motifs is 5. The zero-order chi connectivity index (χ0) is 17.2.